The third-order valence-electron chi connectivity index (χ3n) is 5.05. The Morgan fingerprint density at radius 1 is 1.24 bits per heavy atom. The predicted molar refractivity (Wildman–Crippen MR) is 114 cm³/mol. The zero-order valence-corrected chi connectivity index (χ0v) is 18.5. The number of aromatic nitrogens is 1. The smallest absolute Gasteiger partial charge is 0.329 e. The van der Waals surface area contributed by atoms with Crippen LogP contribution in [0.15, 0.2) is 24.5 Å². The first-order valence-corrected chi connectivity index (χ1v) is 11.4. The van der Waals surface area contributed by atoms with Gasteiger partial charge < -0.3 is 9.64 Å². The molecular formula is C22H32N2O4S. The van der Waals surface area contributed by atoms with Crippen LogP contribution in [0.1, 0.15) is 64.9 Å². The Morgan fingerprint density at radius 2 is 2.03 bits per heavy atom. The van der Waals surface area contributed by atoms with E-state index in [9.17, 15) is 14.4 Å². The van der Waals surface area contributed by atoms with Crippen molar-refractivity contribution >= 4 is 29.4 Å². The van der Waals surface area contributed by atoms with E-state index in [0.717, 1.165) is 31.2 Å². The minimum atomic E-state index is -0.708. The molecule has 2 heterocycles. The summed E-state index contributed by atoms with van der Waals surface area (Å²) < 4.78 is 5.44. The molecule has 0 aromatic carbocycles. The molecule has 29 heavy (non-hydrogen) atoms. The van der Waals surface area contributed by atoms with Crippen molar-refractivity contribution in [3.05, 3.63) is 30.1 Å². The van der Waals surface area contributed by atoms with Gasteiger partial charge in [0.25, 0.3) is 5.91 Å². The van der Waals surface area contributed by atoms with Crippen LogP contribution in [0.2, 0.25) is 0 Å². The van der Waals surface area contributed by atoms with Gasteiger partial charge in [-0.3, -0.25) is 14.6 Å². The van der Waals surface area contributed by atoms with Crippen LogP contribution in [-0.2, 0) is 25.5 Å². The molecule has 0 radical (unpaired) electrons. The predicted octanol–water partition coefficient (Wildman–Crippen LogP) is 3.78. The molecule has 1 aliphatic rings. The van der Waals surface area contributed by atoms with Crippen molar-refractivity contribution in [3.63, 3.8) is 0 Å². The molecule has 1 amide bonds. The molecular weight excluding hydrogens is 388 g/mol. The molecule has 1 saturated heterocycles. The summed E-state index contributed by atoms with van der Waals surface area (Å²) in [5.41, 5.74) is 1.09. The molecule has 6 nitrogen and oxygen atoms in total. The van der Waals surface area contributed by atoms with Crippen LogP contribution in [0.3, 0.4) is 0 Å². The zero-order chi connectivity index (χ0) is 21.3. The molecule has 0 unspecified atom stereocenters. The summed E-state index contributed by atoms with van der Waals surface area (Å²) in [7, 11) is 0. The van der Waals surface area contributed by atoms with Gasteiger partial charge in [0.15, 0.2) is 0 Å². The van der Waals surface area contributed by atoms with Gasteiger partial charge >= 0.3 is 5.97 Å². The molecule has 1 aromatic heterocycles. The molecule has 0 bridgehead atoms. The van der Waals surface area contributed by atoms with Crippen LogP contribution in [-0.4, -0.2) is 50.8 Å². The Morgan fingerprint density at radius 3 is 2.72 bits per heavy atom. The third-order valence-corrected chi connectivity index (χ3v) is 6.44. The molecule has 2 rings (SSSR count). The number of rotatable bonds is 11. The highest BCUT2D eigenvalue weighted by Crippen LogP contribution is 2.39. The number of Topliss-reactive ketones (excluding diaryl/α,β-unsaturated/α-hetero) is 1. The number of thioether (sulfide) groups is 1. The van der Waals surface area contributed by atoms with Crippen LogP contribution >= 0.6 is 11.8 Å². The van der Waals surface area contributed by atoms with E-state index in [-0.39, 0.29) is 13.0 Å². The summed E-state index contributed by atoms with van der Waals surface area (Å²) in [6.45, 7) is 6.12. The molecule has 1 aliphatic heterocycles. The fraction of sp³-hybridized carbons (Fsp3) is 0.636. The number of hydrogen-bond acceptors (Lipinski definition) is 6. The minimum Gasteiger partial charge on any atom is -0.464 e. The van der Waals surface area contributed by atoms with E-state index < -0.39 is 28.6 Å². The Kier molecular flexibility index (Phi) is 9.14. The van der Waals surface area contributed by atoms with E-state index in [1.165, 1.54) is 16.7 Å². The van der Waals surface area contributed by atoms with Crippen molar-refractivity contribution < 1.29 is 19.1 Å². The number of pyridine rings is 1. The lowest BCUT2D eigenvalue weighted by atomic mass is 10.1. The van der Waals surface area contributed by atoms with Crippen LogP contribution in [0.25, 0.3) is 0 Å². The van der Waals surface area contributed by atoms with Crippen molar-refractivity contribution in [1.82, 2.24) is 9.88 Å². The summed E-state index contributed by atoms with van der Waals surface area (Å²) in [4.78, 5) is 42.7. The molecule has 1 aromatic rings. The number of esters is 1. The van der Waals surface area contributed by atoms with Gasteiger partial charge in [0.05, 0.1) is 11.5 Å². The maximum absolute atomic E-state index is 12.8. The number of ketones is 1. The second-order valence-electron chi connectivity index (χ2n) is 7.81. The second-order valence-corrected chi connectivity index (χ2v) is 9.44. The van der Waals surface area contributed by atoms with E-state index >= 15 is 0 Å². The third kappa shape index (κ3) is 6.84. The van der Waals surface area contributed by atoms with E-state index in [1.807, 2.05) is 26.0 Å². The molecule has 0 N–H and O–H groups in total. The van der Waals surface area contributed by atoms with Gasteiger partial charge in [-0.15, -0.1) is 11.8 Å². The van der Waals surface area contributed by atoms with Crippen LogP contribution < -0.4 is 0 Å². The first kappa shape index (κ1) is 23.4. The Balaban J connectivity index is 1.87. The van der Waals surface area contributed by atoms with Crippen LogP contribution in [0, 0.1) is 0 Å². The van der Waals surface area contributed by atoms with Crippen molar-refractivity contribution in [1.29, 1.82) is 0 Å². The monoisotopic (exact) mass is 420 g/mol. The van der Waals surface area contributed by atoms with E-state index in [1.54, 1.807) is 12.4 Å². The lowest BCUT2D eigenvalue weighted by Gasteiger charge is -2.33. The van der Waals surface area contributed by atoms with Crippen molar-refractivity contribution in [2.45, 2.75) is 76.6 Å². The van der Waals surface area contributed by atoms with Gasteiger partial charge in [0, 0.05) is 24.6 Å². The molecule has 1 fully saturated rings. The summed E-state index contributed by atoms with van der Waals surface area (Å²) in [5.74, 6) is -0.954. The van der Waals surface area contributed by atoms with Gasteiger partial charge in [0.1, 0.15) is 6.04 Å². The number of ether oxygens (including phenoxy) is 1. The summed E-state index contributed by atoms with van der Waals surface area (Å²) in [5, 5.41) is 0. The number of carbonyl (C=O) groups is 3. The highest BCUT2D eigenvalue weighted by Gasteiger charge is 2.48. The number of nitrogens with zero attached hydrogens (tertiary/aromatic N) is 2. The SMILES string of the molecule is CCCCCCC(=O)C(=O)N1[C@H](C(=O)OCCCc2cccnc2)CSC1(C)C. The van der Waals surface area contributed by atoms with E-state index in [0.29, 0.717) is 18.6 Å². The van der Waals surface area contributed by atoms with Crippen LogP contribution in [0.4, 0.5) is 0 Å². The Labute approximate surface area is 177 Å². The quantitative estimate of drug-likeness (QED) is 0.308. The Bertz CT molecular complexity index is 693. The van der Waals surface area contributed by atoms with Crippen molar-refractivity contribution in [2.24, 2.45) is 0 Å². The lowest BCUT2D eigenvalue weighted by Crippen LogP contribution is -2.52. The van der Waals surface area contributed by atoms with Gasteiger partial charge in [-0.25, -0.2) is 4.79 Å². The highest BCUT2D eigenvalue weighted by molar-refractivity contribution is 8.00. The standard InChI is InChI=1S/C22H32N2O4S/c1-4-5-6-7-12-19(25)20(26)24-18(16-29-22(24,2)3)21(27)28-14-9-11-17-10-8-13-23-15-17/h8,10,13,15,18H,4-7,9,11-12,14,16H2,1-3H3/t18-/m0/s1. The summed E-state index contributed by atoms with van der Waals surface area (Å²) in [6, 6.07) is 3.15. The maximum atomic E-state index is 12.8. The van der Waals surface area contributed by atoms with Gasteiger partial charge in [0.2, 0.25) is 5.78 Å². The number of hydrogen-bond donors (Lipinski definition) is 0. The number of aryl methyl sites for hydroxylation is 1. The topological polar surface area (TPSA) is 76.6 Å². The summed E-state index contributed by atoms with van der Waals surface area (Å²) in [6.07, 6.45) is 9.00. The number of amides is 1. The fourth-order valence-corrected chi connectivity index (χ4v) is 4.61. The highest BCUT2D eigenvalue weighted by atomic mass is 32.2. The molecule has 0 saturated carbocycles. The number of carbonyl (C=O) groups excluding carboxylic acids is 3. The summed E-state index contributed by atoms with van der Waals surface area (Å²) >= 11 is 1.50. The first-order valence-electron chi connectivity index (χ1n) is 10.4. The zero-order valence-electron chi connectivity index (χ0n) is 17.7. The minimum absolute atomic E-state index is 0.239. The van der Waals surface area contributed by atoms with E-state index in [4.69, 9.17) is 4.74 Å². The van der Waals surface area contributed by atoms with Gasteiger partial charge in [-0.2, -0.15) is 0 Å². The molecule has 7 heteroatoms. The maximum Gasteiger partial charge on any atom is 0.329 e. The van der Waals surface area contributed by atoms with Gasteiger partial charge in [-0.05, 0) is 44.7 Å². The molecule has 160 valence electrons. The largest absolute Gasteiger partial charge is 0.464 e. The lowest BCUT2D eigenvalue weighted by molar-refractivity contribution is -0.158. The molecule has 1 atom stereocenters. The number of unbranched alkanes of at least 4 members (excludes halogenated alkanes) is 3. The van der Waals surface area contributed by atoms with Crippen LogP contribution in [0.5, 0.6) is 0 Å². The average molecular weight is 421 g/mol. The molecule has 0 aliphatic carbocycles. The second kappa shape index (κ2) is 11.3. The Hall–Kier alpha value is -1.89. The normalized spacial score (nSPS) is 17.9. The first-order chi connectivity index (χ1) is 13.9. The average Bonchev–Trinajstić information content (AvgIpc) is 3.03. The van der Waals surface area contributed by atoms with Gasteiger partial charge in [-0.1, -0.05) is 32.3 Å². The fourth-order valence-electron chi connectivity index (χ4n) is 3.41. The van der Waals surface area contributed by atoms with Crippen molar-refractivity contribution in [3.8, 4) is 0 Å². The van der Waals surface area contributed by atoms with Crippen molar-refractivity contribution in [2.75, 3.05) is 12.4 Å². The molecule has 0 spiro atoms. The van der Waals surface area contributed by atoms with E-state index in [2.05, 4.69) is 11.9 Å².